The van der Waals surface area contributed by atoms with Crippen LogP contribution in [0.25, 0.3) is 31.3 Å². The molecule has 5 aromatic carbocycles. The van der Waals surface area contributed by atoms with Crippen LogP contribution in [0.4, 0.5) is 17.1 Å². The first-order chi connectivity index (χ1) is 17.5. The Labute approximate surface area is 220 Å². The number of thiophene rings is 1. The Morgan fingerprint density at radius 1 is 0.639 bits per heavy atom. The van der Waals surface area contributed by atoms with E-state index < -0.39 is 0 Å². The van der Waals surface area contributed by atoms with E-state index in [1.165, 1.54) is 48.1 Å². The van der Waals surface area contributed by atoms with E-state index in [-0.39, 0.29) is 5.41 Å². The summed E-state index contributed by atoms with van der Waals surface area (Å²) in [6, 6.07) is 39.2. The van der Waals surface area contributed by atoms with E-state index in [1.807, 2.05) is 23.5 Å². The third kappa shape index (κ3) is 3.15. The smallest absolute Gasteiger partial charge is 0.0640 e. The number of anilines is 3. The van der Waals surface area contributed by atoms with Gasteiger partial charge in [-0.3, -0.25) is 0 Å². The van der Waals surface area contributed by atoms with E-state index in [1.54, 1.807) is 0 Å². The van der Waals surface area contributed by atoms with Crippen LogP contribution in [-0.4, -0.2) is 0 Å². The van der Waals surface area contributed by atoms with Crippen molar-refractivity contribution >= 4 is 60.2 Å². The van der Waals surface area contributed by atoms with E-state index in [2.05, 4.69) is 116 Å². The van der Waals surface area contributed by atoms with Gasteiger partial charge in [0.05, 0.1) is 10.4 Å². The monoisotopic (exact) mass is 501 g/mol. The second-order valence-corrected chi connectivity index (χ2v) is 11.5. The van der Waals surface area contributed by atoms with Gasteiger partial charge in [0.15, 0.2) is 0 Å². The fourth-order valence-corrected chi connectivity index (χ4v) is 7.09. The summed E-state index contributed by atoms with van der Waals surface area (Å²) in [7, 11) is 0. The molecule has 3 heteroatoms. The van der Waals surface area contributed by atoms with Gasteiger partial charge in [0, 0.05) is 37.3 Å². The molecule has 0 bridgehead atoms. The Kier molecular flexibility index (Phi) is 4.79. The summed E-state index contributed by atoms with van der Waals surface area (Å²) in [6.45, 7) is 4.67. The van der Waals surface area contributed by atoms with Crippen molar-refractivity contribution in [2.75, 3.05) is 4.90 Å². The first-order valence-electron chi connectivity index (χ1n) is 12.2. The van der Waals surface area contributed by atoms with Crippen molar-refractivity contribution in [3.63, 3.8) is 0 Å². The van der Waals surface area contributed by atoms with Crippen molar-refractivity contribution < 1.29 is 0 Å². The second kappa shape index (κ2) is 7.96. The maximum atomic E-state index is 6.31. The molecule has 1 nitrogen and oxygen atoms in total. The second-order valence-electron chi connectivity index (χ2n) is 9.96. The van der Waals surface area contributed by atoms with Gasteiger partial charge >= 0.3 is 0 Å². The summed E-state index contributed by atoms with van der Waals surface area (Å²) in [5, 5.41) is 3.34. The molecule has 0 radical (unpaired) electrons. The minimum Gasteiger partial charge on any atom is -0.309 e. The van der Waals surface area contributed by atoms with E-state index in [0.29, 0.717) is 0 Å². The van der Waals surface area contributed by atoms with Crippen LogP contribution in [0.3, 0.4) is 0 Å². The van der Waals surface area contributed by atoms with Gasteiger partial charge in [-0.25, -0.2) is 0 Å². The highest BCUT2D eigenvalue weighted by Crippen LogP contribution is 2.51. The summed E-state index contributed by atoms with van der Waals surface area (Å²) in [5.74, 6) is 0. The maximum Gasteiger partial charge on any atom is 0.0640 e. The van der Waals surface area contributed by atoms with Gasteiger partial charge in [-0.05, 0) is 70.8 Å². The van der Waals surface area contributed by atoms with E-state index in [4.69, 9.17) is 11.6 Å². The number of benzene rings is 5. The van der Waals surface area contributed by atoms with Gasteiger partial charge in [0.1, 0.15) is 0 Å². The maximum absolute atomic E-state index is 6.31. The molecule has 0 N–H and O–H groups in total. The first-order valence-corrected chi connectivity index (χ1v) is 13.4. The normalized spacial score (nSPS) is 13.6. The number of halogens is 1. The van der Waals surface area contributed by atoms with Crippen molar-refractivity contribution in [1.29, 1.82) is 0 Å². The van der Waals surface area contributed by atoms with Crippen molar-refractivity contribution in [2.24, 2.45) is 0 Å². The molecule has 0 amide bonds. The predicted octanol–water partition coefficient (Wildman–Crippen LogP) is 10.5. The zero-order valence-electron chi connectivity index (χ0n) is 20.1. The average molecular weight is 502 g/mol. The third-order valence-corrected chi connectivity index (χ3v) is 9.00. The Balaban J connectivity index is 1.49. The average Bonchev–Trinajstić information content (AvgIpc) is 3.39. The zero-order chi connectivity index (χ0) is 24.4. The molecule has 36 heavy (non-hydrogen) atoms. The Hall–Kier alpha value is -3.59. The Morgan fingerprint density at radius 3 is 2.19 bits per heavy atom. The minimum atomic E-state index is -0.0583. The highest BCUT2D eigenvalue weighted by atomic mass is 35.5. The van der Waals surface area contributed by atoms with Gasteiger partial charge in [-0.15, -0.1) is 11.3 Å². The molecule has 0 unspecified atom stereocenters. The van der Waals surface area contributed by atoms with Crippen LogP contribution in [-0.2, 0) is 5.41 Å². The molecule has 1 aromatic heterocycles. The van der Waals surface area contributed by atoms with Gasteiger partial charge in [0.25, 0.3) is 0 Å². The molecule has 0 saturated carbocycles. The van der Waals surface area contributed by atoms with Crippen LogP contribution in [0.5, 0.6) is 0 Å². The fraction of sp³-hybridized carbons (Fsp3) is 0.0909. The minimum absolute atomic E-state index is 0.0583. The Bertz CT molecular complexity index is 1780. The lowest BCUT2D eigenvalue weighted by atomic mass is 9.82. The summed E-state index contributed by atoms with van der Waals surface area (Å²) >= 11 is 8.16. The van der Waals surface area contributed by atoms with Crippen LogP contribution in [0, 0.1) is 0 Å². The predicted molar refractivity (Wildman–Crippen MR) is 157 cm³/mol. The SMILES string of the molecule is CC1(C)c2ccccc2-c2ccc(N(c3ccc(Cl)cc3)c3cccc4c3sc3ccccc34)cc21. The van der Waals surface area contributed by atoms with Crippen molar-refractivity contribution in [3.8, 4) is 11.1 Å². The first kappa shape index (κ1) is 21.7. The molecule has 0 aliphatic heterocycles. The van der Waals surface area contributed by atoms with Crippen molar-refractivity contribution in [1.82, 2.24) is 0 Å². The largest absolute Gasteiger partial charge is 0.309 e. The van der Waals surface area contributed by atoms with Crippen molar-refractivity contribution in [2.45, 2.75) is 19.3 Å². The van der Waals surface area contributed by atoms with Crippen molar-refractivity contribution in [3.05, 3.63) is 125 Å². The van der Waals surface area contributed by atoms with Crippen LogP contribution in [0.15, 0.2) is 109 Å². The number of hydrogen-bond donors (Lipinski definition) is 0. The molecular formula is C33H24ClNS. The molecule has 0 fully saturated rings. The van der Waals surface area contributed by atoms with E-state index in [0.717, 1.165) is 16.4 Å². The van der Waals surface area contributed by atoms with Crippen LogP contribution >= 0.6 is 22.9 Å². The summed E-state index contributed by atoms with van der Waals surface area (Å²) in [5.41, 5.74) is 8.80. The topological polar surface area (TPSA) is 3.24 Å². The van der Waals surface area contributed by atoms with Gasteiger partial charge in [-0.1, -0.05) is 86.1 Å². The van der Waals surface area contributed by atoms with E-state index in [9.17, 15) is 0 Å². The molecular weight excluding hydrogens is 478 g/mol. The molecule has 1 aliphatic rings. The molecule has 174 valence electrons. The zero-order valence-corrected chi connectivity index (χ0v) is 21.7. The quantitative estimate of drug-likeness (QED) is 0.233. The van der Waals surface area contributed by atoms with Crippen LogP contribution in [0.2, 0.25) is 5.02 Å². The standard InChI is InChI=1S/C33H24ClNS/c1-33(2)28-11-5-3-8-24(28)25-19-18-23(20-29(25)33)35(22-16-14-21(34)15-17-22)30-12-7-10-27-26-9-4-6-13-31(26)36-32(27)30/h3-20H,1-2H3. The molecule has 0 saturated heterocycles. The highest BCUT2D eigenvalue weighted by Gasteiger charge is 2.35. The number of hydrogen-bond acceptors (Lipinski definition) is 2. The summed E-state index contributed by atoms with van der Waals surface area (Å²) in [4.78, 5) is 2.38. The third-order valence-electron chi connectivity index (χ3n) is 7.53. The van der Waals surface area contributed by atoms with Gasteiger partial charge in [-0.2, -0.15) is 0 Å². The fourth-order valence-electron chi connectivity index (χ4n) is 5.76. The summed E-state index contributed by atoms with van der Waals surface area (Å²) < 4.78 is 2.60. The number of rotatable bonds is 3. The van der Waals surface area contributed by atoms with Gasteiger partial charge in [0.2, 0.25) is 0 Å². The molecule has 0 atom stereocenters. The lowest BCUT2D eigenvalue weighted by Crippen LogP contribution is -2.16. The molecule has 1 aliphatic carbocycles. The van der Waals surface area contributed by atoms with E-state index >= 15 is 0 Å². The lowest BCUT2D eigenvalue weighted by molar-refractivity contribution is 0.660. The van der Waals surface area contributed by atoms with Gasteiger partial charge < -0.3 is 4.90 Å². The van der Waals surface area contributed by atoms with Crippen LogP contribution < -0.4 is 4.90 Å². The molecule has 7 rings (SSSR count). The molecule has 1 heterocycles. The number of fused-ring (bicyclic) bond motifs is 6. The molecule has 6 aromatic rings. The lowest BCUT2D eigenvalue weighted by Gasteiger charge is -2.28. The Morgan fingerprint density at radius 2 is 1.33 bits per heavy atom. The summed E-state index contributed by atoms with van der Waals surface area (Å²) in [6.07, 6.45) is 0. The highest BCUT2D eigenvalue weighted by molar-refractivity contribution is 7.26. The molecule has 0 spiro atoms. The number of nitrogens with zero attached hydrogens (tertiary/aromatic N) is 1. The van der Waals surface area contributed by atoms with Crippen LogP contribution in [0.1, 0.15) is 25.0 Å².